The molecule has 0 fully saturated rings. The van der Waals surface area contributed by atoms with Crippen molar-refractivity contribution in [3.05, 3.63) is 36.9 Å². The predicted molar refractivity (Wildman–Crippen MR) is 68.3 cm³/mol. The largest absolute Gasteiger partial charge is 0.300 e. The van der Waals surface area contributed by atoms with Crippen molar-refractivity contribution in [2.45, 2.75) is 6.54 Å². The Labute approximate surface area is 106 Å². The average Bonchev–Trinajstić information content (AvgIpc) is 2.96. The Morgan fingerprint density at radius 3 is 3.06 bits per heavy atom. The average molecular weight is 259 g/mol. The maximum atomic E-state index is 11.7. The SMILES string of the molecule is O=C(Cn1cncn1)Nc1nc2ccccc2s1. The predicted octanol–water partition coefficient (Wildman–Crippen LogP) is 1.53. The molecule has 3 aromatic rings. The molecule has 0 bridgehead atoms. The van der Waals surface area contributed by atoms with E-state index < -0.39 is 0 Å². The molecule has 0 radical (unpaired) electrons. The van der Waals surface area contributed by atoms with Gasteiger partial charge in [-0.25, -0.2) is 14.6 Å². The zero-order chi connectivity index (χ0) is 12.4. The molecule has 2 heterocycles. The zero-order valence-electron chi connectivity index (χ0n) is 9.28. The molecule has 6 nitrogen and oxygen atoms in total. The molecule has 0 unspecified atom stereocenters. The summed E-state index contributed by atoms with van der Waals surface area (Å²) >= 11 is 1.45. The summed E-state index contributed by atoms with van der Waals surface area (Å²) < 4.78 is 2.51. The Morgan fingerprint density at radius 1 is 1.39 bits per heavy atom. The summed E-state index contributed by atoms with van der Waals surface area (Å²) in [5, 5.41) is 7.22. The number of nitrogens with zero attached hydrogens (tertiary/aromatic N) is 4. The van der Waals surface area contributed by atoms with Crippen LogP contribution in [0.1, 0.15) is 0 Å². The van der Waals surface area contributed by atoms with E-state index in [-0.39, 0.29) is 12.5 Å². The molecule has 0 atom stereocenters. The minimum Gasteiger partial charge on any atom is -0.300 e. The Kier molecular flexibility index (Phi) is 2.73. The van der Waals surface area contributed by atoms with E-state index in [1.165, 1.54) is 28.7 Å². The van der Waals surface area contributed by atoms with Gasteiger partial charge in [-0.05, 0) is 12.1 Å². The summed E-state index contributed by atoms with van der Waals surface area (Å²) in [7, 11) is 0. The van der Waals surface area contributed by atoms with Crippen LogP contribution >= 0.6 is 11.3 Å². The van der Waals surface area contributed by atoms with Crippen LogP contribution in [0.25, 0.3) is 10.2 Å². The van der Waals surface area contributed by atoms with Gasteiger partial charge in [0.05, 0.1) is 10.2 Å². The molecule has 0 saturated heterocycles. The van der Waals surface area contributed by atoms with Crippen LogP contribution in [0.4, 0.5) is 5.13 Å². The van der Waals surface area contributed by atoms with Gasteiger partial charge in [0.1, 0.15) is 19.2 Å². The second kappa shape index (κ2) is 4.53. The molecule has 1 N–H and O–H groups in total. The molecule has 0 spiro atoms. The van der Waals surface area contributed by atoms with Crippen molar-refractivity contribution >= 4 is 32.6 Å². The van der Waals surface area contributed by atoms with Gasteiger partial charge < -0.3 is 5.32 Å². The monoisotopic (exact) mass is 259 g/mol. The van der Waals surface area contributed by atoms with Crippen molar-refractivity contribution in [2.75, 3.05) is 5.32 Å². The second-order valence-electron chi connectivity index (χ2n) is 3.63. The molecule has 3 rings (SSSR count). The fourth-order valence-corrected chi connectivity index (χ4v) is 2.43. The van der Waals surface area contributed by atoms with Gasteiger partial charge in [-0.15, -0.1) is 0 Å². The summed E-state index contributed by atoms with van der Waals surface area (Å²) in [4.78, 5) is 19.8. The number of carbonyl (C=O) groups is 1. The highest BCUT2D eigenvalue weighted by Gasteiger charge is 2.08. The van der Waals surface area contributed by atoms with E-state index in [9.17, 15) is 4.79 Å². The van der Waals surface area contributed by atoms with E-state index in [4.69, 9.17) is 0 Å². The molecule has 0 aliphatic heterocycles. The number of rotatable bonds is 3. The number of aromatic nitrogens is 4. The number of fused-ring (bicyclic) bond motifs is 1. The number of para-hydroxylation sites is 1. The fourth-order valence-electron chi connectivity index (χ4n) is 1.55. The maximum Gasteiger partial charge on any atom is 0.247 e. The molecule has 7 heteroatoms. The van der Waals surface area contributed by atoms with E-state index in [0.717, 1.165) is 10.2 Å². The number of hydrogen-bond acceptors (Lipinski definition) is 5. The van der Waals surface area contributed by atoms with Crippen molar-refractivity contribution in [1.82, 2.24) is 19.7 Å². The second-order valence-corrected chi connectivity index (χ2v) is 4.66. The number of thiazole rings is 1. The number of anilines is 1. The van der Waals surface area contributed by atoms with Gasteiger partial charge in [0.15, 0.2) is 5.13 Å². The van der Waals surface area contributed by atoms with Crippen LogP contribution in [0.3, 0.4) is 0 Å². The number of carbonyl (C=O) groups excluding carboxylic acids is 1. The molecule has 0 saturated carbocycles. The number of hydrogen-bond donors (Lipinski definition) is 1. The molecular weight excluding hydrogens is 250 g/mol. The lowest BCUT2D eigenvalue weighted by molar-refractivity contribution is -0.116. The van der Waals surface area contributed by atoms with Gasteiger partial charge in [-0.3, -0.25) is 4.79 Å². The van der Waals surface area contributed by atoms with Gasteiger partial charge in [-0.2, -0.15) is 5.10 Å². The maximum absolute atomic E-state index is 11.7. The van der Waals surface area contributed by atoms with Crippen molar-refractivity contribution in [2.24, 2.45) is 0 Å². The molecule has 1 amide bonds. The first-order valence-corrected chi connectivity index (χ1v) is 6.11. The first kappa shape index (κ1) is 10.8. The standard InChI is InChI=1S/C11H9N5OS/c17-10(5-16-7-12-6-13-16)15-11-14-8-3-1-2-4-9(8)18-11/h1-4,6-7H,5H2,(H,14,15,17). The normalized spacial score (nSPS) is 10.7. The van der Waals surface area contributed by atoms with Crippen LogP contribution in [-0.2, 0) is 11.3 Å². The van der Waals surface area contributed by atoms with Crippen LogP contribution in [0.2, 0.25) is 0 Å². The summed E-state index contributed by atoms with van der Waals surface area (Å²) in [6.45, 7) is 0.135. The quantitative estimate of drug-likeness (QED) is 0.774. The van der Waals surface area contributed by atoms with Crippen molar-refractivity contribution in [3.8, 4) is 0 Å². The third-order valence-corrected chi connectivity index (χ3v) is 3.26. The minimum absolute atomic E-state index is 0.135. The van der Waals surface area contributed by atoms with E-state index in [2.05, 4.69) is 20.4 Å². The molecule has 2 aromatic heterocycles. The van der Waals surface area contributed by atoms with Gasteiger partial charge in [0.25, 0.3) is 0 Å². The van der Waals surface area contributed by atoms with E-state index >= 15 is 0 Å². The van der Waals surface area contributed by atoms with E-state index in [1.54, 1.807) is 0 Å². The molecule has 18 heavy (non-hydrogen) atoms. The van der Waals surface area contributed by atoms with Crippen LogP contribution in [-0.4, -0.2) is 25.7 Å². The highest BCUT2D eigenvalue weighted by atomic mass is 32.1. The summed E-state index contributed by atoms with van der Waals surface area (Å²) in [5.41, 5.74) is 0.888. The number of nitrogens with one attached hydrogen (secondary N) is 1. The number of amides is 1. The highest BCUT2D eigenvalue weighted by molar-refractivity contribution is 7.22. The Bertz CT molecular complexity index is 643. The van der Waals surface area contributed by atoms with Crippen LogP contribution in [0.15, 0.2) is 36.9 Å². The van der Waals surface area contributed by atoms with Gasteiger partial charge in [0, 0.05) is 0 Å². The molecule has 0 aliphatic rings. The summed E-state index contributed by atoms with van der Waals surface area (Å²) in [6, 6.07) is 7.75. The zero-order valence-corrected chi connectivity index (χ0v) is 10.1. The molecule has 1 aromatic carbocycles. The van der Waals surface area contributed by atoms with Gasteiger partial charge >= 0.3 is 0 Å². The molecule has 0 aliphatic carbocycles. The third-order valence-electron chi connectivity index (χ3n) is 2.31. The summed E-state index contributed by atoms with van der Waals surface area (Å²) in [5.74, 6) is -0.167. The summed E-state index contributed by atoms with van der Waals surface area (Å²) in [6.07, 6.45) is 2.89. The van der Waals surface area contributed by atoms with Crippen molar-refractivity contribution < 1.29 is 4.79 Å². The molecular formula is C11H9N5OS. The highest BCUT2D eigenvalue weighted by Crippen LogP contribution is 2.25. The van der Waals surface area contributed by atoms with Crippen molar-refractivity contribution in [1.29, 1.82) is 0 Å². The van der Waals surface area contributed by atoms with Crippen LogP contribution in [0, 0.1) is 0 Å². The van der Waals surface area contributed by atoms with Gasteiger partial charge in [-0.1, -0.05) is 23.5 Å². The van der Waals surface area contributed by atoms with Gasteiger partial charge in [0.2, 0.25) is 5.91 Å². The Hall–Kier alpha value is -2.28. The lowest BCUT2D eigenvalue weighted by atomic mass is 10.3. The first-order chi connectivity index (χ1) is 8.81. The Balaban J connectivity index is 1.74. The van der Waals surface area contributed by atoms with E-state index in [0.29, 0.717) is 5.13 Å². The minimum atomic E-state index is -0.167. The Morgan fingerprint density at radius 2 is 2.28 bits per heavy atom. The van der Waals surface area contributed by atoms with E-state index in [1.807, 2.05) is 24.3 Å². The topological polar surface area (TPSA) is 72.7 Å². The smallest absolute Gasteiger partial charge is 0.247 e. The van der Waals surface area contributed by atoms with Crippen LogP contribution < -0.4 is 5.32 Å². The fraction of sp³-hybridized carbons (Fsp3) is 0.0909. The van der Waals surface area contributed by atoms with Crippen LogP contribution in [0.5, 0.6) is 0 Å². The van der Waals surface area contributed by atoms with Crippen molar-refractivity contribution in [3.63, 3.8) is 0 Å². The number of benzene rings is 1. The third kappa shape index (κ3) is 2.21. The lowest BCUT2D eigenvalue weighted by Crippen LogP contribution is -2.18. The lowest BCUT2D eigenvalue weighted by Gasteiger charge is -2.00. The first-order valence-electron chi connectivity index (χ1n) is 5.29. The molecule has 90 valence electrons.